The molecule has 0 saturated heterocycles. The van der Waals surface area contributed by atoms with Gasteiger partial charge in [0.25, 0.3) is 5.91 Å². The van der Waals surface area contributed by atoms with Gasteiger partial charge in [-0.25, -0.2) is 5.43 Å². The molecule has 1 aromatic heterocycles. The molecule has 1 atom stereocenters. The third-order valence-electron chi connectivity index (χ3n) is 4.87. The normalized spacial score (nSPS) is 11.7. The predicted molar refractivity (Wildman–Crippen MR) is 128 cm³/mol. The van der Waals surface area contributed by atoms with E-state index in [9.17, 15) is 9.59 Å². The standard InChI is InChI=1S/C25H27N3O3S/c1-32-14-11-22(16-29)27-28-25(30)23-8-7-20(15-24(23)21-5-3-2-4-6-21)18-31-17-19-9-12-26-13-10-19/h2-10,12-13,15-16,22,27H,11,14,17-18H2,1H3,(H,28,30)/t22-/m1/s1. The van der Waals surface area contributed by atoms with Crippen LogP contribution in [0.3, 0.4) is 0 Å². The maximum absolute atomic E-state index is 12.9. The van der Waals surface area contributed by atoms with Crippen molar-refractivity contribution in [1.29, 1.82) is 0 Å². The number of aromatic nitrogens is 1. The predicted octanol–water partition coefficient (Wildman–Crippen LogP) is 4.02. The highest BCUT2D eigenvalue weighted by Gasteiger charge is 2.15. The van der Waals surface area contributed by atoms with Gasteiger partial charge in [-0.3, -0.25) is 15.2 Å². The Morgan fingerprint density at radius 2 is 1.81 bits per heavy atom. The second-order valence-corrected chi connectivity index (χ2v) is 8.20. The summed E-state index contributed by atoms with van der Waals surface area (Å²) in [5.41, 5.74) is 9.81. The van der Waals surface area contributed by atoms with Crippen LogP contribution in [0, 0.1) is 0 Å². The van der Waals surface area contributed by atoms with Gasteiger partial charge < -0.3 is 9.53 Å². The number of carbonyl (C=O) groups excluding carboxylic acids is 2. The molecular formula is C25H27N3O3S. The van der Waals surface area contributed by atoms with Gasteiger partial charge in [-0.2, -0.15) is 11.8 Å². The molecule has 6 nitrogen and oxygen atoms in total. The Bertz CT molecular complexity index is 1000. The second-order valence-electron chi connectivity index (χ2n) is 7.22. The van der Waals surface area contributed by atoms with E-state index in [0.717, 1.165) is 34.3 Å². The van der Waals surface area contributed by atoms with Crippen molar-refractivity contribution in [3.63, 3.8) is 0 Å². The fourth-order valence-corrected chi connectivity index (χ4v) is 3.64. The van der Waals surface area contributed by atoms with E-state index in [2.05, 4.69) is 15.8 Å². The lowest BCUT2D eigenvalue weighted by atomic mass is 9.97. The van der Waals surface area contributed by atoms with Gasteiger partial charge >= 0.3 is 0 Å². The minimum absolute atomic E-state index is 0.288. The minimum atomic E-state index is -0.424. The molecule has 0 aliphatic carbocycles. The average Bonchev–Trinajstić information content (AvgIpc) is 2.85. The molecule has 1 heterocycles. The molecule has 0 bridgehead atoms. The molecule has 0 radical (unpaired) electrons. The summed E-state index contributed by atoms with van der Waals surface area (Å²) in [7, 11) is 0. The number of pyridine rings is 1. The molecular weight excluding hydrogens is 422 g/mol. The SMILES string of the molecule is CSCC[C@H](C=O)NNC(=O)c1ccc(COCc2ccncc2)cc1-c1ccccc1. The second kappa shape index (κ2) is 12.8. The Morgan fingerprint density at radius 1 is 1.06 bits per heavy atom. The monoisotopic (exact) mass is 449 g/mol. The first kappa shape index (κ1) is 23.7. The summed E-state index contributed by atoms with van der Waals surface area (Å²) in [6, 6.07) is 18.8. The van der Waals surface area contributed by atoms with E-state index in [-0.39, 0.29) is 5.91 Å². The van der Waals surface area contributed by atoms with Gasteiger partial charge in [-0.15, -0.1) is 0 Å². The molecule has 2 aromatic carbocycles. The molecule has 0 aliphatic heterocycles. The van der Waals surface area contributed by atoms with Crippen LogP contribution in [-0.2, 0) is 22.7 Å². The van der Waals surface area contributed by atoms with Gasteiger partial charge in [0.2, 0.25) is 0 Å². The Balaban J connectivity index is 1.73. The highest BCUT2D eigenvalue weighted by Crippen LogP contribution is 2.25. The molecule has 0 saturated carbocycles. The van der Waals surface area contributed by atoms with Crippen molar-refractivity contribution >= 4 is 24.0 Å². The van der Waals surface area contributed by atoms with Gasteiger partial charge in [0.05, 0.1) is 19.3 Å². The van der Waals surface area contributed by atoms with Gasteiger partial charge in [0.15, 0.2) is 0 Å². The molecule has 3 rings (SSSR count). The molecule has 2 N–H and O–H groups in total. The summed E-state index contributed by atoms with van der Waals surface area (Å²) < 4.78 is 5.85. The maximum Gasteiger partial charge on any atom is 0.266 e. The fraction of sp³-hybridized carbons (Fsp3) is 0.240. The van der Waals surface area contributed by atoms with Crippen LogP contribution in [0.4, 0.5) is 0 Å². The van der Waals surface area contributed by atoms with Crippen LogP contribution in [0.5, 0.6) is 0 Å². The number of ether oxygens (including phenoxy) is 1. The van der Waals surface area contributed by atoms with Crippen molar-refractivity contribution in [1.82, 2.24) is 15.8 Å². The Kier molecular flexibility index (Phi) is 9.43. The third kappa shape index (κ3) is 7.02. The first-order valence-corrected chi connectivity index (χ1v) is 11.8. The first-order valence-electron chi connectivity index (χ1n) is 10.4. The Hall–Kier alpha value is -3.00. The van der Waals surface area contributed by atoms with E-state index >= 15 is 0 Å². The average molecular weight is 450 g/mol. The topological polar surface area (TPSA) is 80.3 Å². The van der Waals surface area contributed by atoms with E-state index in [4.69, 9.17) is 4.74 Å². The number of thioether (sulfide) groups is 1. The van der Waals surface area contributed by atoms with Gasteiger partial charge in [-0.05, 0) is 64.9 Å². The highest BCUT2D eigenvalue weighted by atomic mass is 32.2. The van der Waals surface area contributed by atoms with E-state index in [1.54, 1.807) is 30.2 Å². The zero-order chi connectivity index (χ0) is 22.6. The van der Waals surface area contributed by atoms with Gasteiger partial charge in [0.1, 0.15) is 6.29 Å². The highest BCUT2D eigenvalue weighted by molar-refractivity contribution is 7.98. The quantitative estimate of drug-likeness (QED) is 0.321. The Morgan fingerprint density at radius 3 is 2.53 bits per heavy atom. The fourth-order valence-electron chi connectivity index (χ4n) is 3.15. The minimum Gasteiger partial charge on any atom is -0.372 e. The van der Waals surface area contributed by atoms with Crippen LogP contribution in [-0.4, -0.2) is 35.2 Å². The smallest absolute Gasteiger partial charge is 0.266 e. The number of hydrazine groups is 1. The van der Waals surface area contributed by atoms with Crippen LogP contribution in [0.25, 0.3) is 11.1 Å². The number of nitrogens with one attached hydrogen (secondary N) is 2. The number of hydrogen-bond acceptors (Lipinski definition) is 6. The number of rotatable bonds is 12. The zero-order valence-electron chi connectivity index (χ0n) is 18.0. The molecule has 32 heavy (non-hydrogen) atoms. The van der Waals surface area contributed by atoms with E-state index < -0.39 is 6.04 Å². The third-order valence-corrected chi connectivity index (χ3v) is 5.51. The van der Waals surface area contributed by atoms with Gasteiger partial charge in [-0.1, -0.05) is 36.4 Å². The Labute approximate surface area is 192 Å². The summed E-state index contributed by atoms with van der Waals surface area (Å²) in [6.07, 6.45) is 6.92. The van der Waals surface area contributed by atoms with Crippen molar-refractivity contribution in [2.45, 2.75) is 25.7 Å². The molecule has 0 aliphatic rings. The van der Waals surface area contributed by atoms with Crippen molar-refractivity contribution in [2.24, 2.45) is 0 Å². The summed E-state index contributed by atoms with van der Waals surface area (Å²) in [5.74, 6) is 0.541. The number of benzene rings is 2. The van der Waals surface area contributed by atoms with Crippen LogP contribution >= 0.6 is 11.8 Å². The van der Waals surface area contributed by atoms with Crippen molar-refractivity contribution in [3.05, 3.63) is 89.7 Å². The van der Waals surface area contributed by atoms with Crippen molar-refractivity contribution < 1.29 is 14.3 Å². The molecule has 0 fully saturated rings. The number of hydrogen-bond donors (Lipinski definition) is 2. The van der Waals surface area contributed by atoms with Crippen LogP contribution < -0.4 is 10.9 Å². The molecule has 166 valence electrons. The molecule has 1 amide bonds. The summed E-state index contributed by atoms with van der Waals surface area (Å²) in [6.45, 7) is 0.905. The number of nitrogens with zero attached hydrogens (tertiary/aromatic N) is 1. The van der Waals surface area contributed by atoms with E-state index in [1.165, 1.54) is 0 Å². The summed E-state index contributed by atoms with van der Waals surface area (Å²) >= 11 is 1.66. The van der Waals surface area contributed by atoms with Crippen LogP contribution in [0.1, 0.15) is 27.9 Å². The number of carbonyl (C=O) groups is 2. The molecule has 0 spiro atoms. The largest absolute Gasteiger partial charge is 0.372 e. The lowest BCUT2D eigenvalue weighted by molar-refractivity contribution is -0.109. The first-order chi connectivity index (χ1) is 15.7. The van der Waals surface area contributed by atoms with Crippen LogP contribution in [0.15, 0.2) is 73.1 Å². The van der Waals surface area contributed by atoms with E-state index in [1.807, 2.05) is 60.9 Å². The zero-order valence-corrected chi connectivity index (χ0v) is 18.8. The molecule has 3 aromatic rings. The molecule has 7 heteroatoms. The van der Waals surface area contributed by atoms with Gasteiger partial charge in [0, 0.05) is 18.0 Å². The number of amides is 1. The lowest BCUT2D eigenvalue weighted by Crippen LogP contribution is -2.45. The summed E-state index contributed by atoms with van der Waals surface area (Å²) in [4.78, 5) is 28.2. The van der Waals surface area contributed by atoms with E-state index in [0.29, 0.717) is 25.2 Å². The maximum atomic E-state index is 12.9. The van der Waals surface area contributed by atoms with Crippen molar-refractivity contribution in [2.75, 3.05) is 12.0 Å². The van der Waals surface area contributed by atoms with Crippen LogP contribution in [0.2, 0.25) is 0 Å². The molecule has 0 unspecified atom stereocenters. The lowest BCUT2D eigenvalue weighted by Gasteiger charge is -2.16. The summed E-state index contributed by atoms with van der Waals surface area (Å²) in [5, 5.41) is 0. The van der Waals surface area contributed by atoms with Crippen molar-refractivity contribution in [3.8, 4) is 11.1 Å². The number of aldehydes is 1.